The van der Waals surface area contributed by atoms with Crippen molar-refractivity contribution in [3.63, 3.8) is 0 Å². The Morgan fingerprint density at radius 2 is 1.51 bits per heavy atom. The molecule has 1 N–H and O–H groups in total. The molecular weight excluding hydrogens is 505 g/mol. The van der Waals surface area contributed by atoms with E-state index in [4.69, 9.17) is 13.8 Å². The van der Waals surface area contributed by atoms with Gasteiger partial charge < -0.3 is 13.8 Å². The van der Waals surface area contributed by atoms with Gasteiger partial charge >= 0.3 is 6.80 Å². The summed E-state index contributed by atoms with van der Waals surface area (Å²) in [5, 5.41) is -0.554. The molecule has 7 nitrogen and oxygen atoms in total. The van der Waals surface area contributed by atoms with E-state index < -0.39 is 22.1 Å². The Bertz CT molecular complexity index is 1250. The molecule has 3 aromatic carbocycles. The van der Waals surface area contributed by atoms with Crippen LogP contribution < -0.4 is 9.46 Å². The summed E-state index contributed by atoms with van der Waals surface area (Å²) < 4.78 is 58.9. The Labute approximate surface area is 211 Å². The van der Waals surface area contributed by atoms with Crippen molar-refractivity contribution in [2.75, 3.05) is 25.0 Å². The Morgan fingerprint density at radius 1 is 0.914 bits per heavy atom. The normalized spacial score (nSPS) is 12.8. The number of sulfonamides is 1. The van der Waals surface area contributed by atoms with Crippen LogP contribution in [-0.2, 0) is 23.6 Å². The highest BCUT2D eigenvalue weighted by atomic mass is 32.7. The average molecular weight is 536 g/mol. The molecule has 188 valence electrons. The quantitative estimate of drug-likeness (QED) is 0.255. The van der Waals surface area contributed by atoms with Gasteiger partial charge in [-0.2, -0.15) is 0 Å². The first-order valence-corrected chi connectivity index (χ1v) is 15.6. The van der Waals surface area contributed by atoms with Crippen LogP contribution >= 0.6 is 18.2 Å². The number of anilines is 1. The molecule has 10 heteroatoms. The monoisotopic (exact) mass is 535 g/mol. The lowest BCUT2D eigenvalue weighted by Gasteiger charge is -2.25. The van der Waals surface area contributed by atoms with Gasteiger partial charge in [0.2, 0.25) is 0 Å². The minimum atomic E-state index is -3.85. The summed E-state index contributed by atoms with van der Waals surface area (Å²) in [6.45, 7) is 2.26. The van der Waals surface area contributed by atoms with Gasteiger partial charge in [-0.1, -0.05) is 48.0 Å². The van der Waals surface area contributed by atoms with Crippen LogP contribution in [0.1, 0.15) is 35.8 Å². The molecule has 0 aliphatic rings. The van der Waals surface area contributed by atoms with Crippen LogP contribution in [0.3, 0.4) is 0 Å². The third kappa shape index (κ3) is 7.12. The highest BCUT2D eigenvalue weighted by Gasteiger charge is 2.33. The second-order valence-electron chi connectivity index (χ2n) is 7.55. The van der Waals surface area contributed by atoms with E-state index in [0.717, 1.165) is 22.5 Å². The van der Waals surface area contributed by atoms with E-state index in [-0.39, 0.29) is 18.1 Å². The Kier molecular flexibility index (Phi) is 9.44. The fourth-order valence-corrected chi connectivity index (χ4v) is 8.61. The third-order valence-corrected chi connectivity index (χ3v) is 10.6. The third-order valence-electron chi connectivity index (χ3n) is 5.05. The van der Waals surface area contributed by atoms with Crippen molar-refractivity contribution < 1.29 is 26.8 Å². The lowest BCUT2D eigenvalue weighted by atomic mass is 10.0. The fourth-order valence-electron chi connectivity index (χ4n) is 3.36. The van der Waals surface area contributed by atoms with Crippen LogP contribution in [0, 0.1) is 6.92 Å². The summed E-state index contributed by atoms with van der Waals surface area (Å²) in [6.07, 6.45) is 0. The van der Waals surface area contributed by atoms with Gasteiger partial charge in [0.1, 0.15) is 5.75 Å². The van der Waals surface area contributed by atoms with Gasteiger partial charge in [0.05, 0.1) is 36.2 Å². The van der Waals surface area contributed by atoms with Crippen molar-refractivity contribution in [2.24, 2.45) is 0 Å². The first kappa shape index (κ1) is 27.3. The Morgan fingerprint density at radius 3 is 2.09 bits per heavy atom. The average Bonchev–Trinajstić information content (AvgIpc) is 2.83. The molecule has 0 bridgehead atoms. The lowest BCUT2D eigenvalue weighted by Crippen LogP contribution is -2.15. The van der Waals surface area contributed by atoms with Crippen LogP contribution in [0.2, 0.25) is 0 Å². The summed E-state index contributed by atoms with van der Waals surface area (Å²) in [4.78, 5) is 0.154. The van der Waals surface area contributed by atoms with E-state index in [1.54, 1.807) is 75.6 Å². The van der Waals surface area contributed by atoms with Crippen LogP contribution in [0.5, 0.6) is 5.75 Å². The molecule has 0 fully saturated rings. The van der Waals surface area contributed by atoms with Crippen molar-refractivity contribution in [2.45, 2.75) is 30.9 Å². The molecule has 3 aromatic rings. The van der Waals surface area contributed by atoms with Gasteiger partial charge in [-0.3, -0.25) is 4.72 Å². The van der Waals surface area contributed by atoms with Crippen molar-refractivity contribution in [3.05, 3.63) is 89.5 Å². The van der Waals surface area contributed by atoms with Crippen molar-refractivity contribution in [1.82, 2.24) is 0 Å². The molecule has 0 saturated heterocycles. The second-order valence-corrected chi connectivity index (χ2v) is 13.3. The summed E-state index contributed by atoms with van der Waals surface area (Å²) >= 11 is 1.03. The maximum absolute atomic E-state index is 13.5. The highest BCUT2D eigenvalue weighted by molar-refractivity contribution is 8.55. The topological polar surface area (TPSA) is 90.9 Å². The van der Waals surface area contributed by atoms with E-state index in [2.05, 4.69) is 4.72 Å². The minimum absolute atomic E-state index is 0.154. The standard InChI is InChI=1S/C25H30NO6PS2/c1-5-31-33(27,32-6-2)34-25(20-13-15-21(30-4)16-14-20)23-9-7-8-10-24(23)26-35(28,29)22-17-11-19(3)12-18-22/h7-18,25-26H,5-6H2,1-4H3. The zero-order chi connectivity index (χ0) is 25.5. The van der Waals surface area contributed by atoms with Crippen molar-refractivity contribution in [3.8, 4) is 5.75 Å². The maximum Gasteiger partial charge on any atom is 0.390 e. The Balaban J connectivity index is 2.07. The number of rotatable bonds is 12. The van der Waals surface area contributed by atoms with E-state index in [1.165, 1.54) is 0 Å². The molecule has 0 radical (unpaired) electrons. The van der Waals surface area contributed by atoms with Gasteiger partial charge in [0.25, 0.3) is 10.0 Å². The number of hydrogen-bond donors (Lipinski definition) is 1. The number of benzene rings is 3. The van der Waals surface area contributed by atoms with Gasteiger partial charge in [0, 0.05) is 0 Å². The molecule has 0 amide bonds. The second kappa shape index (κ2) is 12.1. The summed E-state index contributed by atoms with van der Waals surface area (Å²) in [5.41, 5.74) is 2.75. The molecule has 0 aromatic heterocycles. The molecule has 0 spiro atoms. The number of ether oxygens (including phenoxy) is 1. The summed E-state index contributed by atoms with van der Waals surface area (Å²) in [6, 6.07) is 21.0. The molecule has 1 atom stereocenters. The van der Waals surface area contributed by atoms with Crippen molar-refractivity contribution in [1.29, 1.82) is 0 Å². The number of methoxy groups -OCH3 is 1. The van der Waals surface area contributed by atoms with Gasteiger partial charge in [0.15, 0.2) is 0 Å². The first-order valence-electron chi connectivity index (χ1n) is 11.1. The zero-order valence-corrected chi connectivity index (χ0v) is 22.7. The minimum Gasteiger partial charge on any atom is -0.497 e. The van der Waals surface area contributed by atoms with E-state index >= 15 is 0 Å². The first-order chi connectivity index (χ1) is 16.7. The largest absolute Gasteiger partial charge is 0.497 e. The molecule has 1 unspecified atom stereocenters. The van der Waals surface area contributed by atoms with Gasteiger partial charge in [-0.15, -0.1) is 0 Å². The number of para-hydroxylation sites is 1. The fraction of sp³-hybridized carbons (Fsp3) is 0.280. The van der Waals surface area contributed by atoms with Gasteiger partial charge in [-0.25, -0.2) is 13.0 Å². The van der Waals surface area contributed by atoms with Crippen LogP contribution in [0.25, 0.3) is 0 Å². The molecule has 0 saturated carbocycles. The van der Waals surface area contributed by atoms with Crippen LogP contribution in [0.4, 0.5) is 5.69 Å². The van der Waals surface area contributed by atoms with Crippen LogP contribution in [-0.4, -0.2) is 28.7 Å². The van der Waals surface area contributed by atoms with E-state index in [0.29, 0.717) is 17.0 Å². The predicted molar refractivity (Wildman–Crippen MR) is 142 cm³/mol. The predicted octanol–water partition coefficient (Wildman–Crippen LogP) is 6.81. The lowest BCUT2D eigenvalue weighted by molar-refractivity contribution is 0.236. The van der Waals surface area contributed by atoms with E-state index in [9.17, 15) is 13.0 Å². The molecule has 3 rings (SSSR count). The van der Waals surface area contributed by atoms with Gasteiger partial charge in [-0.05, 0) is 73.6 Å². The molecular formula is C25H30NO6PS2. The van der Waals surface area contributed by atoms with Crippen LogP contribution in [0.15, 0.2) is 77.7 Å². The zero-order valence-electron chi connectivity index (χ0n) is 20.1. The summed E-state index contributed by atoms with van der Waals surface area (Å²) in [7, 11) is -2.28. The maximum atomic E-state index is 13.5. The van der Waals surface area contributed by atoms with Crippen molar-refractivity contribution >= 4 is 33.9 Å². The molecule has 0 aliphatic carbocycles. The smallest absolute Gasteiger partial charge is 0.390 e. The molecule has 35 heavy (non-hydrogen) atoms. The highest BCUT2D eigenvalue weighted by Crippen LogP contribution is 2.67. The number of nitrogens with one attached hydrogen (secondary N) is 1. The molecule has 0 aliphatic heterocycles. The Hall–Kier alpha value is -2.29. The number of aryl methyl sites for hydroxylation is 1. The number of hydrogen-bond acceptors (Lipinski definition) is 7. The van der Waals surface area contributed by atoms with E-state index in [1.807, 2.05) is 25.1 Å². The summed E-state index contributed by atoms with van der Waals surface area (Å²) in [5.74, 6) is 0.670. The SMILES string of the molecule is CCOP(=O)(OCC)SC(c1ccc(OC)cc1)c1ccccc1NS(=O)(=O)c1ccc(C)cc1. The molecule has 0 heterocycles.